The van der Waals surface area contributed by atoms with Gasteiger partial charge in [-0.2, -0.15) is 0 Å². The molecule has 0 heterocycles. The summed E-state index contributed by atoms with van der Waals surface area (Å²) >= 11 is 0. The first kappa shape index (κ1) is 14.2. The first-order valence-corrected chi connectivity index (χ1v) is 6.89. The molecule has 0 aromatic carbocycles. The van der Waals surface area contributed by atoms with Crippen molar-refractivity contribution < 1.29 is 0 Å². The Morgan fingerprint density at radius 1 is 1.35 bits per heavy atom. The summed E-state index contributed by atoms with van der Waals surface area (Å²) in [6.07, 6.45) is 12.3. The van der Waals surface area contributed by atoms with Gasteiger partial charge in [0.25, 0.3) is 0 Å². The minimum absolute atomic E-state index is 0.172. The van der Waals surface area contributed by atoms with Crippen LogP contribution in [0.4, 0.5) is 0 Å². The van der Waals surface area contributed by atoms with Crippen LogP contribution in [0.15, 0.2) is 36.0 Å². The van der Waals surface area contributed by atoms with Crippen LogP contribution in [0.25, 0.3) is 0 Å². The van der Waals surface area contributed by atoms with E-state index in [1.54, 1.807) is 0 Å². The van der Waals surface area contributed by atoms with E-state index in [0.717, 1.165) is 6.42 Å². The quantitative estimate of drug-likeness (QED) is 0.724. The normalized spacial score (nSPS) is 23.6. The van der Waals surface area contributed by atoms with Gasteiger partial charge in [0.05, 0.1) is 0 Å². The van der Waals surface area contributed by atoms with Crippen molar-refractivity contribution in [3.8, 4) is 0 Å². The van der Waals surface area contributed by atoms with Crippen LogP contribution >= 0.6 is 0 Å². The highest BCUT2D eigenvalue weighted by atomic mass is 14.7. The molecule has 1 unspecified atom stereocenters. The highest BCUT2D eigenvalue weighted by molar-refractivity contribution is 5.43. The second-order valence-electron chi connectivity index (χ2n) is 5.20. The molecule has 0 fully saturated rings. The average molecular weight is 233 g/mol. The van der Waals surface area contributed by atoms with Crippen LogP contribution in [-0.4, -0.2) is 6.04 Å². The van der Waals surface area contributed by atoms with E-state index in [1.165, 1.54) is 36.8 Å². The van der Waals surface area contributed by atoms with E-state index in [0.29, 0.717) is 0 Å². The fourth-order valence-corrected chi connectivity index (χ4v) is 3.34. The van der Waals surface area contributed by atoms with Crippen molar-refractivity contribution in [1.29, 1.82) is 0 Å². The molecule has 1 aliphatic rings. The molecule has 1 atom stereocenters. The lowest BCUT2D eigenvalue weighted by Gasteiger charge is -2.34. The molecule has 0 aromatic rings. The highest BCUT2D eigenvalue weighted by Crippen LogP contribution is 2.48. The zero-order valence-corrected chi connectivity index (χ0v) is 11.6. The summed E-state index contributed by atoms with van der Waals surface area (Å²) in [5.41, 5.74) is 9.45. The Morgan fingerprint density at radius 3 is 2.35 bits per heavy atom. The fourth-order valence-electron chi connectivity index (χ4n) is 3.34. The SMILES string of the molecule is C=CC1=C(/C=C\C)CC(CCC)(CCC)C1N. The van der Waals surface area contributed by atoms with Crippen molar-refractivity contribution in [2.75, 3.05) is 0 Å². The Morgan fingerprint density at radius 2 is 1.94 bits per heavy atom. The second kappa shape index (κ2) is 6.20. The minimum atomic E-state index is 0.172. The molecule has 1 rings (SSSR count). The van der Waals surface area contributed by atoms with Gasteiger partial charge in [-0.25, -0.2) is 0 Å². The van der Waals surface area contributed by atoms with Crippen molar-refractivity contribution >= 4 is 0 Å². The van der Waals surface area contributed by atoms with Gasteiger partial charge in [-0.1, -0.05) is 51.5 Å². The van der Waals surface area contributed by atoms with Gasteiger partial charge in [-0.3, -0.25) is 0 Å². The van der Waals surface area contributed by atoms with E-state index >= 15 is 0 Å². The second-order valence-corrected chi connectivity index (χ2v) is 5.20. The summed E-state index contributed by atoms with van der Waals surface area (Å²) in [6, 6.07) is 0.172. The average Bonchev–Trinajstić information content (AvgIpc) is 2.54. The van der Waals surface area contributed by atoms with Crippen molar-refractivity contribution in [3.05, 3.63) is 36.0 Å². The van der Waals surface area contributed by atoms with E-state index in [4.69, 9.17) is 5.73 Å². The predicted molar refractivity (Wildman–Crippen MR) is 76.9 cm³/mol. The number of hydrogen-bond donors (Lipinski definition) is 1. The summed E-state index contributed by atoms with van der Waals surface area (Å²) < 4.78 is 0. The first-order valence-electron chi connectivity index (χ1n) is 6.89. The van der Waals surface area contributed by atoms with Gasteiger partial charge < -0.3 is 5.73 Å². The maximum atomic E-state index is 6.50. The Bertz CT molecular complexity index is 316. The molecular weight excluding hydrogens is 206 g/mol. The van der Waals surface area contributed by atoms with E-state index in [9.17, 15) is 0 Å². The maximum absolute atomic E-state index is 6.50. The number of hydrogen-bond acceptors (Lipinski definition) is 1. The van der Waals surface area contributed by atoms with Gasteiger partial charge in [-0.15, -0.1) is 0 Å². The van der Waals surface area contributed by atoms with E-state index in [2.05, 4.69) is 39.5 Å². The summed E-state index contributed by atoms with van der Waals surface area (Å²) in [6.45, 7) is 10.5. The summed E-state index contributed by atoms with van der Waals surface area (Å²) in [5.74, 6) is 0. The Balaban J connectivity index is 3.04. The van der Waals surface area contributed by atoms with Gasteiger partial charge >= 0.3 is 0 Å². The van der Waals surface area contributed by atoms with E-state index < -0.39 is 0 Å². The van der Waals surface area contributed by atoms with Crippen molar-refractivity contribution in [2.24, 2.45) is 11.1 Å². The summed E-state index contributed by atoms with van der Waals surface area (Å²) in [7, 11) is 0. The third kappa shape index (κ3) is 2.71. The highest BCUT2D eigenvalue weighted by Gasteiger charge is 2.42. The zero-order valence-electron chi connectivity index (χ0n) is 11.6. The van der Waals surface area contributed by atoms with Gasteiger partial charge in [-0.05, 0) is 42.7 Å². The fraction of sp³-hybridized carbons (Fsp3) is 0.625. The van der Waals surface area contributed by atoms with Crippen LogP contribution in [0.3, 0.4) is 0 Å². The Hall–Kier alpha value is -0.820. The van der Waals surface area contributed by atoms with Crippen molar-refractivity contribution in [1.82, 2.24) is 0 Å². The molecule has 17 heavy (non-hydrogen) atoms. The molecule has 1 aliphatic carbocycles. The number of rotatable bonds is 6. The number of allylic oxidation sites excluding steroid dienone is 3. The van der Waals surface area contributed by atoms with Crippen LogP contribution in [0.1, 0.15) is 52.9 Å². The molecule has 0 saturated heterocycles. The molecule has 2 N–H and O–H groups in total. The lowest BCUT2D eigenvalue weighted by molar-refractivity contribution is 0.219. The molecule has 0 bridgehead atoms. The smallest absolute Gasteiger partial charge is 0.0357 e. The molecule has 0 spiro atoms. The van der Waals surface area contributed by atoms with Crippen molar-refractivity contribution in [3.63, 3.8) is 0 Å². The standard InChI is InChI=1S/C16H27N/c1-5-9-13-12-16(10-6-2,11-7-3)15(17)14(13)8-4/h5,8-9,15H,4,6-7,10-12,17H2,1-3H3/b9-5-. The van der Waals surface area contributed by atoms with E-state index in [-0.39, 0.29) is 11.5 Å². The van der Waals surface area contributed by atoms with Gasteiger partial charge in [0.1, 0.15) is 0 Å². The van der Waals surface area contributed by atoms with Gasteiger partial charge in [0, 0.05) is 6.04 Å². The van der Waals surface area contributed by atoms with Gasteiger partial charge in [0.15, 0.2) is 0 Å². The molecule has 1 nitrogen and oxygen atoms in total. The first-order chi connectivity index (χ1) is 8.15. The van der Waals surface area contributed by atoms with Crippen LogP contribution in [0, 0.1) is 5.41 Å². The third-order valence-corrected chi connectivity index (χ3v) is 3.99. The topological polar surface area (TPSA) is 26.0 Å². The van der Waals surface area contributed by atoms with Gasteiger partial charge in [0.2, 0.25) is 0 Å². The lowest BCUT2D eigenvalue weighted by atomic mass is 9.73. The summed E-state index contributed by atoms with van der Waals surface area (Å²) in [5, 5.41) is 0. The molecule has 96 valence electrons. The Labute approximate surface area is 106 Å². The minimum Gasteiger partial charge on any atom is -0.323 e. The third-order valence-electron chi connectivity index (χ3n) is 3.99. The molecule has 0 radical (unpaired) electrons. The molecular formula is C16H27N. The zero-order chi connectivity index (χ0) is 12.9. The van der Waals surface area contributed by atoms with Crippen LogP contribution in [-0.2, 0) is 0 Å². The maximum Gasteiger partial charge on any atom is 0.0357 e. The van der Waals surface area contributed by atoms with E-state index in [1.807, 2.05) is 6.08 Å². The van der Waals surface area contributed by atoms with Crippen LogP contribution < -0.4 is 5.73 Å². The Kier molecular flexibility index (Phi) is 5.20. The van der Waals surface area contributed by atoms with Crippen molar-refractivity contribution in [2.45, 2.75) is 58.9 Å². The lowest BCUT2D eigenvalue weighted by Crippen LogP contribution is -2.39. The molecule has 0 aliphatic heterocycles. The van der Waals surface area contributed by atoms with Crippen LogP contribution in [0.5, 0.6) is 0 Å². The monoisotopic (exact) mass is 233 g/mol. The largest absolute Gasteiger partial charge is 0.323 e. The molecule has 1 heteroatoms. The van der Waals surface area contributed by atoms with Crippen LogP contribution in [0.2, 0.25) is 0 Å². The molecule has 0 amide bonds. The number of nitrogens with two attached hydrogens (primary N) is 1. The molecule has 0 saturated carbocycles. The predicted octanol–water partition coefficient (Wildman–Crippen LogP) is 4.36. The molecule has 0 aromatic heterocycles. The summed E-state index contributed by atoms with van der Waals surface area (Å²) in [4.78, 5) is 0.